The molecule has 10 rings (SSSR count). The van der Waals surface area contributed by atoms with Crippen LogP contribution in [0.1, 0.15) is 118 Å². The zero-order valence-corrected chi connectivity index (χ0v) is 62.3. The van der Waals surface area contributed by atoms with E-state index in [4.69, 9.17) is 58.0 Å². The molecule has 3 aliphatic rings. The molecular weight excluding hydrogens is 1450 g/mol. The molecule has 7 aromatic rings. The van der Waals surface area contributed by atoms with Crippen molar-refractivity contribution in [2.75, 3.05) is 51.2 Å². The number of nitrogens with one attached hydrogen (secondary N) is 2. The molecule has 7 heterocycles. The summed E-state index contributed by atoms with van der Waals surface area (Å²) in [6, 6.07) is 23.3. The number of aromatic nitrogens is 6. The number of non-ortho nitro benzene ring substituents is 1. The van der Waals surface area contributed by atoms with Crippen LogP contribution in [0.2, 0.25) is 0 Å². The number of alkyl halides is 2. The van der Waals surface area contributed by atoms with Crippen LogP contribution in [0.3, 0.4) is 0 Å². The van der Waals surface area contributed by atoms with Crippen molar-refractivity contribution in [3.05, 3.63) is 142 Å². The van der Waals surface area contributed by atoms with Crippen molar-refractivity contribution in [2.45, 2.75) is 160 Å². The first kappa shape index (κ1) is 84.3. The molecule has 12 atom stereocenters. The SMILES string of the molecule is CC1(C)O[C@H]2[C@H](c3ccc4c(N)ncnn34)O[C@@](CO)(CF)[C@H]2O1.CCOC(=O)[C@H](C)NP(=O)(OC[C@@]1(CF)O[C@@H](c2ccc3c(N)ncnn23)[C@H](O)[C@@H]1O)Oc1ccc(C(C)(C)C)cc1.CCOC(=O)[C@H](C)NP(=O)(Oc1ccc([N+](=O)[O-])cc1)Oc1ccc(C(C)(C)C)cc1.Cl.[V].[V]. The molecule has 2 radical (unpaired) electrons. The third-order valence-corrected chi connectivity index (χ3v) is 19.0. The van der Waals surface area contributed by atoms with Crippen LogP contribution >= 0.6 is 27.9 Å². The Balaban J connectivity index is 0.000000276. The molecule has 0 aliphatic carbocycles. The van der Waals surface area contributed by atoms with E-state index in [2.05, 4.69) is 51.1 Å². The fourth-order valence-electron chi connectivity index (χ4n) is 10.6. The Hall–Kier alpha value is -6.38. The summed E-state index contributed by atoms with van der Waals surface area (Å²) >= 11 is 0. The average molecular weight is 1540 g/mol. The summed E-state index contributed by atoms with van der Waals surface area (Å²) in [5, 5.41) is 55.8. The number of nitro groups is 1. The number of nitrogens with zero attached hydrogens (tertiary/aromatic N) is 7. The van der Waals surface area contributed by atoms with Gasteiger partial charge in [0.05, 0.1) is 42.7 Å². The molecule has 4 aromatic heterocycles. The Kier molecular flexibility index (Phi) is 28.9. The van der Waals surface area contributed by atoms with E-state index in [-0.39, 0.29) is 108 Å². The van der Waals surface area contributed by atoms with Gasteiger partial charge in [-0.05, 0) is 124 Å². The van der Waals surface area contributed by atoms with Crippen molar-refractivity contribution in [2.24, 2.45) is 0 Å². The summed E-state index contributed by atoms with van der Waals surface area (Å²) in [4.78, 5) is 42.5. The van der Waals surface area contributed by atoms with Gasteiger partial charge in [0.15, 0.2) is 17.4 Å². The zero-order chi connectivity index (χ0) is 71.2. The van der Waals surface area contributed by atoms with Crippen molar-refractivity contribution in [3.8, 4) is 17.2 Å². The maximum absolute atomic E-state index is 14.7. The molecule has 546 valence electrons. The first-order chi connectivity index (χ1) is 45.6. The summed E-state index contributed by atoms with van der Waals surface area (Å²) in [6.45, 7) is 18.6. The molecule has 3 saturated heterocycles. The number of anilines is 2. The predicted octanol–water partition coefficient (Wildman–Crippen LogP) is 8.88. The van der Waals surface area contributed by atoms with Crippen LogP contribution < -0.4 is 35.2 Å². The van der Waals surface area contributed by atoms with Gasteiger partial charge in [-0.3, -0.25) is 24.2 Å². The molecular formula is C63H84ClF2N11O19P2V2. The molecule has 0 amide bonds. The van der Waals surface area contributed by atoms with Crippen molar-refractivity contribution in [3.63, 3.8) is 0 Å². The summed E-state index contributed by atoms with van der Waals surface area (Å²) in [6.07, 6.45) is -4.09. The van der Waals surface area contributed by atoms with Gasteiger partial charge >= 0.3 is 27.4 Å². The number of fused-ring (bicyclic) bond motifs is 3. The molecule has 30 nitrogen and oxygen atoms in total. The zero-order valence-electron chi connectivity index (χ0n) is 56.9. The van der Waals surface area contributed by atoms with Gasteiger partial charge in [0.1, 0.15) is 114 Å². The standard InChI is InChI=1S/C27H37FN5O8P.C21H27N2O7P.C15H19FN4O4.ClH.2V/c1-6-38-25(36)16(2)32-42(37,41-18-9-7-17(8-10-18)26(3,4)5)39-14-27(13-28)23(35)21(34)22(40-27)19-11-12-20-24(29)30-15-31-33(19)20;1-6-28-20(24)15(2)22-31(27,30-19-13-9-17(10-14-19)23(25)26)29-18-11-7-16(8-12-18)21(3,4)5;1-14(2)22-11-10(23-15(5-16,6-21)12(11)24-14)8-3-4-9-13(17)18-7-19-20(8)9;;;/h7-12,15-16,21-23,34-35H,6,13-14H2,1-5H3,(H,32,37)(H2,29,30,31);7-15H,6H2,1-5H3,(H,22,27);3-4,7,10-12,21H,5-6H2,1-2H3,(H2,17,18,19);1H;;/t16-,21-,22-,23-,27+,42?;15-,31?;10-,11-,12-,15+;;;/m000.../s1. The minimum atomic E-state index is -4.44. The number of nitrogen functional groups attached to an aromatic ring is 2. The Labute approximate surface area is 606 Å². The van der Waals surface area contributed by atoms with Gasteiger partial charge < -0.3 is 68.8 Å². The number of benzene rings is 3. The van der Waals surface area contributed by atoms with Gasteiger partial charge in [0, 0.05) is 49.2 Å². The molecule has 3 aromatic carbocycles. The fraction of sp³-hybridized carbons (Fsp3) is 0.492. The summed E-state index contributed by atoms with van der Waals surface area (Å²) in [5.41, 5.74) is 11.7. The maximum Gasteiger partial charge on any atom is 0.513 e. The molecule has 37 heteroatoms. The van der Waals surface area contributed by atoms with Crippen LogP contribution in [0.5, 0.6) is 17.2 Å². The average Bonchev–Trinajstić information content (AvgIpc) is 1.57. The third kappa shape index (κ3) is 19.5. The number of nitro benzene ring substituents is 1. The van der Waals surface area contributed by atoms with E-state index in [9.17, 15) is 52.9 Å². The number of nitrogens with two attached hydrogens (primary N) is 2. The van der Waals surface area contributed by atoms with Crippen LogP contribution in [0.15, 0.2) is 110 Å². The fourth-order valence-corrected chi connectivity index (χ4v) is 13.7. The summed E-state index contributed by atoms with van der Waals surface area (Å²) in [5.74, 6) is -1.26. The van der Waals surface area contributed by atoms with Gasteiger partial charge in [0.2, 0.25) is 0 Å². The molecule has 2 unspecified atom stereocenters. The van der Waals surface area contributed by atoms with Crippen LogP contribution in [0.25, 0.3) is 11.0 Å². The number of hydrogen-bond donors (Lipinski definition) is 7. The number of carbonyl (C=O) groups is 2. The Morgan fingerprint density at radius 2 is 1.08 bits per heavy atom. The quantitative estimate of drug-likeness (QED) is 0.0136. The van der Waals surface area contributed by atoms with Gasteiger partial charge in [-0.2, -0.15) is 20.4 Å². The summed E-state index contributed by atoms with van der Waals surface area (Å²) < 4.78 is 115. The molecule has 3 fully saturated rings. The second kappa shape index (κ2) is 34.3. The van der Waals surface area contributed by atoms with Crippen molar-refractivity contribution < 1.29 is 131 Å². The molecule has 0 saturated carbocycles. The number of aliphatic hydroxyl groups is 3. The van der Waals surface area contributed by atoms with Crippen LogP contribution in [-0.4, -0.2) is 155 Å². The molecule has 0 bridgehead atoms. The second-order valence-corrected chi connectivity index (χ2v) is 28.8. The van der Waals surface area contributed by atoms with E-state index < -0.39 is 125 Å². The Morgan fingerprint density at radius 1 is 0.670 bits per heavy atom. The predicted molar refractivity (Wildman–Crippen MR) is 355 cm³/mol. The van der Waals surface area contributed by atoms with E-state index >= 15 is 0 Å². The van der Waals surface area contributed by atoms with E-state index in [1.54, 1.807) is 92.9 Å². The number of halogens is 3. The van der Waals surface area contributed by atoms with Crippen LogP contribution in [0, 0.1) is 10.1 Å². The Bertz CT molecular complexity index is 3990. The molecule has 9 N–H and O–H groups in total. The van der Waals surface area contributed by atoms with Gasteiger partial charge in [-0.25, -0.2) is 36.9 Å². The topological polar surface area (TPSA) is 401 Å². The molecule has 3 aliphatic heterocycles. The molecule has 100 heavy (non-hydrogen) atoms. The number of carbonyl (C=O) groups excluding carboxylic acids is 2. The van der Waals surface area contributed by atoms with Crippen molar-refractivity contribution in [1.29, 1.82) is 0 Å². The second-order valence-electron chi connectivity index (χ2n) is 25.5. The number of esters is 2. The number of ether oxygens (including phenoxy) is 6. The van der Waals surface area contributed by atoms with Gasteiger partial charge in [-0.1, -0.05) is 65.8 Å². The first-order valence-corrected chi connectivity index (χ1v) is 33.9. The Morgan fingerprint density at radius 3 is 1.49 bits per heavy atom. The van der Waals surface area contributed by atoms with Gasteiger partial charge in [-0.15, -0.1) is 12.4 Å². The minimum Gasteiger partial charge on any atom is -0.465 e. The maximum atomic E-state index is 14.7. The van der Waals surface area contributed by atoms with E-state index in [0.717, 1.165) is 11.1 Å². The third-order valence-electron chi connectivity index (χ3n) is 15.8. The van der Waals surface area contributed by atoms with E-state index in [0.29, 0.717) is 22.5 Å². The monoisotopic (exact) mass is 1540 g/mol. The van der Waals surface area contributed by atoms with Crippen molar-refractivity contribution >= 4 is 68.2 Å². The number of rotatable bonds is 23. The number of hydrogen-bond acceptors (Lipinski definition) is 25. The molecule has 0 spiro atoms. The van der Waals surface area contributed by atoms with Crippen LogP contribution in [-0.2, 0) is 99.6 Å². The van der Waals surface area contributed by atoms with Crippen molar-refractivity contribution in [1.82, 2.24) is 39.4 Å². The smallest absolute Gasteiger partial charge is 0.465 e. The summed E-state index contributed by atoms with van der Waals surface area (Å²) in [7, 11) is -8.56. The first-order valence-electron chi connectivity index (χ1n) is 30.8. The van der Waals surface area contributed by atoms with Crippen LogP contribution in [0.4, 0.5) is 26.1 Å². The minimum absolute atomic E-state index is 0. The normalized spacial score (nSPS) is 23.2. The van der Waals surface area contributed by atoms with Gasteiger partial charge in [0.25, 0.3) is 5.69 Å². The largest absolute Gasteiger partial charge is 0.513 e. The van der Waals surface area contributed by atoms with E-state index in [1.807, 2.05) is 32.9 Å². The number of aliphatic hydroxyl groups excluding tert-OH is 3. The van der Waals surface area contributed by atoms with E-state index in [1.165, 1.54) is 55.3 Å².